The molecule has 2 aromatic rings. The van der Waals surface area contributed by atoms with Gasteiger partial charge in [0, 0.05) is 5.92 Å². The Bertz CT molecular complexity index is 797. The van der Waals surface area contributed by atoms with Gasteiger partial charge < -0.3 is 20.7 Å². The summed E-state index contributed by atoms with van der Waals surface area (Å²) in [5.41, 5.74) is 6.19. The topological polar surface area (TPSA) is 148 Å². The van der Waals surface area contributed by atoms with Crippen molar-refractivity contribution in [3.63, 3.8) is 0 Å². The van der Waals surface area contributed by atoms with Crippen molar-refractivity contribution in [3.05, 3.63) is 6.33 Å². The summed E-state index contributed by atoms with van der Waals surface area (Å²) in [6.07, 6.45) is -4.31. The Morgan fingerprint density at radius 1 is 1.52 bits per heavy atom. The number of nitrogens with two attached hydrogens (primary N) is 1. The van der Waals surface area contributed by atoms with Gasteiger partial charge in [-0.1, -0.05) is 13.8 Å². The van der Waals surface area contributed by atoms with Crippen molar-refractivity contribution < 1.29 is 24.1 Å². The molecule has 11 heteroatoms. The Hall–Kier alpha value is -2.37. The molecule has 1 amide bonds. The Morgan fingerprint density at radius 2 is 2.24 bits per heavy atom. The van der Waals surface area contributed by atoms with Crippen molar-refractivity contribution >= 4 is 28.8 Å². The number of aromatic nitrogens is 4. The maximum atomic E-state index is 14.3. The number of ether oxygens (including phenoxy) is 1. The minimum Gasteiger partial charge on any atom is -0.394 e. The Balaban J connectivity index is 2.00. The summed E-state index contributed by atoms with van der Waals surface area (Å²) in [5.74, 6) is -0.631. The fraction of sp³-hybridized carbons (Fsp3) is 0.571. The summed E-state index contributed by atoms with van der Waals surface area (Å²) in [6.45, 7) is 2.88. The number of alkyl halides is 1. The standard InChI is InChI=1S/C14H19FN6O4/c1-5(2)12(24)20-14-18-10(16)8-11(19-14)21(4-17-8)13-7(15)9(23)6(3-22)25-13/h4-7,9,13,22-23H,3H2,1-2H3,(H3,16,18,19,20,24)/t6-,7-,9-,13-/m1/s1. The number of carbonyl (C=O) groups is 1. The smallest absolute Gasteiger partial charge is 0.233 e. The summed E-state index contributed by atoms with van der Waals surface area (Å²) >= 11 is 0. The number of imidazole rings is 1. The number of nitrogens with zero attached hydrogens (tertiary/aromatic N) is 4. The van der Waals surface area contributed by atoms with Crippen molar-refractivity contribution in [1.82, 2.24) is 19.5 Å². The highest BCUT2D eigenvalue weighted by atomic mass is 19.1. The van der Waals surface area contributed by atoms with Crippen molar-refractivity contribution in [2.24, 2.45) is 5.92 Å². The van der Waals surface area contributed by atoms with E-state index in [1.54, 1.807) is 13.8 Å². The first-order valence-electron chi connectivity index (χ1n) is 7.72. The van der Waals surface area contributed by atoms with Gasteiger partial charge in [0.05, 0.1) is 12.9 Å². The molecule has 0 radical (unpaired) electrons. The maximum Gasteiger partial charge on any atom is 0.233 e. The predicted molar refractivity (Wildman–Crippen MR) is 85.1 cm³/mol. The first kappa shape index (κ1) is 17.5. The lowest BCUT2D eigenvalue weighted by molar-refractivity contribution is -0.118. The Kier molecular flexibility index (Phi) is 4.54. The van der Waals surface area contributed by atoms with E-state index in [1.165, 1.54) is 10.9 Å². The number of carbonyl (C=O) groups excluding carboxylic acids is 1. The highest BCUT2D eigenvalue weighted by Gasteiger charge is 2.45. The van der Waals surface area contributed by atoms with Crippen LogP contribution in [0.2, 0.25) is 0 Å². The molecule has 2 aromatic heterocycles. The molecule has 4 atom stereocenters. The number of nitrogens with one attached hydrogen (secondary N) is 1. The molecule has 0 aromatic carbocycles. The first-order chi connectivity index (χ1) is 11.8. The number of halogens is 1. The van der Waals surface area contributed by atoms with E-state index in [2.05, 4.69) is 20.3 Å². The van der Waals surface area contributed by atoms with Crippen molar-refractivity contribution in [3.8, 4) is 0 Å². The zero-order valence-corrected chi connectivity index (χ0v) is 13.6. The van der Waals surface area contributed by atoms with Crippen LogP contribution in [0, 0.1) is 5.92 Å². The molecular formula is C14H19FN6O4. The van der Waals surface area contributed by atoms with E-state index in [0.717, 1.165) is 0 Å². The number of fused-ring (bicyclic) bond motifs is 1. The quantitative estimate of drug-likeness (QED) is 0.579. The maximum absolute atomic E-state index is 14.3. The summed E-state index contributed by atoms with van der Waals surface area (Å²) in [6, 6.07) is 0. The summed E-state index contributed by atoms with van der Waals surface area (Å²) in [4.78, 5) is 24.0. The van der Waals surface area contributed by atoms with Crippen LogP contribution in [0.4, 0.5) is 16.2 Å². The van der Waals surface area contributed by atoms with Crippen LogP contribution >= 0.6 is 0 Å². The van der Waals surface area contributed by atoms with Gasteiger partial charge >= 0.3 is 0 Å². The molecule has 1 fully saturated rings. The fourth-order valence-corrected chi connectivity index (χ4v) is 2.51. The lowest BCUT2D eigenvalue weighted by Gasteiger charge is -2.15. The summed E-state index contributed by atoms with van der Waals surface area (Å²) < 4.78 is 20.9. The van der Waals surface area contributed by atoms with Crippen molar-refractivity contribution in [2.45, 2.75) is 38.5 Å². The third-order valence-corrected chi connectivity index (χ3v) is 3.96. The normalized spacial score (nSPS) is 26.5. The van der Waals surface area contributed by atoms with E-state index >= 15 is 0 Å². The second-order valence-corrected chi connectivity index (χ2v) is 6.08. The highest BCUT2D eigenvalue weighted by Crippen LogP contribution is 2.34. The van der Waals surface area contributed by atoms with Gasteiger partial charge in [-0.3, -0.25) is 14.7 Å². The molecule has 3 heterocycles. The van der Waals surface area contributed by atoms with Gasteiger partial charge in [0.1, 0.15) is 17.7 Å². The van der Waals surface area contributed by atoms with Gasteiger partial charge in [0.2, 0.25) is 11.9 Å². The molecule has 1 aliphatic rings. The monoisotopic (exact) mass is 354 g/mol. The van der Waals surface area contributed by atoms with E-state index in [1.807, 2.05) is 0 Å². The Labute approximate surface area is 141 Å². The molecule has 136 valence electrons. The third kappa shape index (κ3) is 3.01. The first-order valence-corrected chi connectivity index (χ1v) is 7.72. The molecule has 0 bridgehead atoms. The zero-order valence-electron chi connectivity index (χ0n) is 13.6. The van der Waals surface area contributed by atoms with Crippen LogP contribution in [0.15, 0.2) is 6.33 Å². The molecule has 25 heavy (non-hydrogen) atoms. The third-order valence-electron chi connectivity index (χ3n) is 3.96. The SMILES string of the molecule is CC(C)C(=O)Nc1nc(N)c2ncn([C@@H]3O[C@H](CO)[C@@H](O)[C@H]3F)c2n1. The van der Waals surface area contributed by atoms with E-state index in [0.29, 0.717) is 0 Å². The average Bonchev–Trinajstić information content (AvgIpc) is 3.10. The van der Waals surface area contributed by atoms with Crippen LogP contribution in [0.1, 0.15) is 20.1 Å². The number of amides is 1. The Morgan fingerprint density at radius 3 is 2.84 bits per heavy atom. The van der Waals surface area contributed by atoms with Gasteiger partial charge in [0.25, 0.3) is 0 Å². The summed E-state index contributed by atoms with van der Waals surface area (Å²) in [7, 11) is 0. The van der Waals surface area contributed by atoms with Crippen molar-refractivity contribution in [1.29, 1.82) is 0 Å². The van der Waals surface area contributed by atoms with Crippen LogP contribution in [0.3, 0.4) is 0 Å². The minimum absolute atomic E-state index is 0.00969. The van der Waals surface area contributed by atoms with Gasteiger partial charge in [-0.05, 0) is 0 Å². The summed E-state index contributed by atoms with van der Waals surface area (Å²) in [5, 5.41) is 21.4. The lowest BCUT2D eigenvalue weighted by Crippen LogP contribution is -2.30. The zero-order chi connectivity index (χ0) is 18.3. The van der Waals surface area contributed by atoms with Gasteiger partial charge in [-0.25, -0.2) is 9.37 Å². The molecule has 3 rings (SSSR count). The van der Waals surface area contributed by atoms with Gasteiger partial charge in [-0.2, -0.15) is 9.97 Å². The van der Waals surface area contributed by atoms with Gasteiger partial charge in [0.15, 0.2) is 23.9 Å². The van der Waals surface area contributed by atoms with Crippen LogP contribution in [-0.4, -0.2) is 60.6 Å². The number of aliphatic hydroxyl groups excluding tert-OH is 2. The molecule has 5 N–H and O–H groups in total. The number of nitrogen functional groups attached to an aromatic ring is 1. The molecular weight excluding hydrogens is 335 g/mol. The predicted octanol–water partition coefficient (Wildman–Crippen LogP) is -0.408. The number of aliphatic hydroxyl groups is 2. The van der Waals surface area contributed by atoms with E-state index in [4.69, 9.17) is 15.6 Å². The molecule has 0 saturated carbocycles. The van der Waals surface area contributed by atoms with E-state index < -0.39 is 31.2 Å². The van der Waals surface area contributed by atoms with Crippen molar-refractivity contribution in [2.75, 3.05) is 17.7 Å². The molecule has 1 saturated heterocycles. The average molecular weight is 354 g/mol. The molecule has 0 aliphatic carbocycles. The molecule has 10 nitrogen and oxygen atoms in total. The number of hydrogen-bond donors (Lipinski definition) is 4. The number of anilines is 2. The fourth-order valence-electron chi connectivity index (χ4n) is 2.51. The largest absolute Gasteiger partial charge is 0.394 e. The van der Waals surface area contributed by atoms with E-state index in [-0.39, 0.29) is 34.8 Å². The van der Waals surface area contributed by atoms with Crippen LogP contribution in [0.5, 0.6) is 0 Å². The number of rotatable bonds is 4. The van der Waals surface area contributed by atoms with Crippen LogP contribution in [0.25, 0.3) is 11.2 Å². The van der Waals surface area contributed by atoms with Gasteiger partial charge in [-0.15, -0.1) is 0 Å². The lowest BCUT2D eigenvalue weighted by atomic mass is 10.1. The highest BCUT2D eigenvalue weighted by molar-refractivity contribution is 5.92. The molecule has 0 spiro atoms. The molecule has 0 unspecified atom stereocenters. The number of hydrogen-bond acceptors (Lipinski definition) is 8. The van der Waals surface area contributed by atoms with E-state index in [9.17, 15) is 14.3 Å². The molecule has 1 aliphatic heterocycles. The van der Waals surface area contributed by atoms with Crippen LogP contribution in [-0.2, 0) is 9.53 Å². The van der Waals surface area contributed by atoms with Crippen LogP contribution < -0.4 is 11.1 Å². The minimum atomic E-state index is -1.79. The second-order valence-electron chi connectivity index (χ2n) is 6.08. The second kappa shape index (κ2) is 6.50.